The molecule has 0 aromatic heterocycles. The van der Waals surface area contributed by atoms with Crippen molar-refractivity contribution in [3.8, 4) is 0 Å². The van der Waals surface area contributed by atoms with E-state index < -0.39 is 12.2 Å². The van der Waals surface area contributed by atoms with Gasteiger partial charge in [-0.15, -0.1) is 0 Å². The fourth-order valence-electron chi connectivity index (χ4n) is 2.82. The highest BCUT2D eigenvalue weighted by atomic mass is 16.5. The molecule has 0 spiro atoms. The first kappa shape index (κ1) is 23.1. The Hall–Kier alpha value is -0.870. The topological polar surface area (TPSA) is 66.8 Å². The normalized spacial score (nSPS) is 13.5. The van der Waals surface area contributed by atoms with Gasteiger partial charge in [0.2, 0.25) is 0 Å². The maximum atomic E-state index is 11.1. The lowest BCUT2D eigenvalue weighted by molar-refractivity contribution is -0.138. The zero-order valence-electron chi connectivity index (χ0n) is 15.5. The lowest BCUT2D eigenvalue weighted by Gasteiger charge is -2.17. The van der Waals surface area contributed by atoms with Crippen molar-refractivity contribution in [2.24, 2.45) is 0 Å². The fourth-order valence-corrected chi connectivity index (χ4v) is 2.82. The molecule has 0 rings (SSSR count). The van der Waals surface area contributed by atoms with E-state index in [-0.39, 0.29) is 5.97 Å². The van der Waals surface area contributed by atoms with Crippen LogP contribution in [0.4, 0.5) is 0 Å². The molecule has 0 heterocycles. The average molecular weight is 343 g/mol. The SMILES string of the molecule is C=COC(=O)CCCCCCCC(O)C(O)CCCCCCCC. The molecular formula is C20H38O4. The molecule has 4 nitrogen and oxygen atoms in total. The van der Waals surface area contributed by atoms with E-state index in [9.17, 15) is 15.0 Å². The molecule has 0 aliphatic carbocycles. The van der Waals surface area contributed by atoms with Gasteiger partial charge in [0.1, 0.15) is 0 Å². The average Bonchev–Trinajstić information content (AvgIpc) is 2.56. The zero-order valence-corrected chi connectivity index (χ0v) is 15.5. The molecule has 0 aromatic rings. The summed E-state index contributed by atoms with van der Waals surface area (Å²) in [4.78, 5) is 11.1. The van der Waals surface area contributed by atoms with Crippen LogP contribution in [-0.2, 0) is 9.53 Å². The number of carbonyl (C=O) groups is 1. The predicted octanol–water partition coefficient (Wildman–Crippen LogP) is 4.88. The molecule has 0 aromatic carbocycles. The highest BCUT2D eigenvalue weighted by molar-refractivity contribution is 5.69. The monoisotopic (exact) mass is 342 g/mol. The second kappa shape index (κ2) is 17.0. The number of hydrogen-bond donors (Lipinski definition) is 2. The van der Waals surface area contributed by atoms with Gasteiger partial charge in [0.25, 0.3) is 0 Å². The van der Waals surface area contributed by atoms with E-state index in [2.05, 4.69) is 18.2 Å². The molecule has 2 atom stereocenters. The van der Waals surface area contributed by atoms with Crippen molar-refractivity contribution >= 4 is 5.97 Å². The highest BCUT2D eigenvalue weighted by Gasteiger charge is 2.15. The first-order valence-electron chi connectivity index (χ1n) is 9.78. The third kappa shape index (κ3) is 14.7. The molecule has 0 bridgehead atoms. The van der Waals surface area contributed by atoms with Crippen molar-refractivity contribution in [2.75, 3.05) is 0 Å². The molecule has 0 radical (unpaired) electrons. The minimum absolute atomic E-state index is 0.224. The van der Waals surface area contributed by atoms with Gasteiger partial charge in [-0.05, 0) is 19.3 Å². The summed E-state index contributed by atoms with van der Waals surface area (Å²) >= 11 is 0. The third-order valence-electron chi connectivity index (χ3n) is 4.39. The summed E-state index contributed by atoms with van der Waals surface area (Å²) in [6.07, 6.45) is 13.8. The van der Waals surface area contributed by atoms with Crippen LogP contribution in [0.2, 0.25) is 0 Å². The minimum atomic E-state index is -0.594. The molecule has 0 fully saturated rings. The molecule has 4 heteroatoms. The predicted molar refractivity (Wildman–Crippen MR) is 98.6 cm³/mol. The smallest absolute Gasteiger partial charge is 0.310 e. The van der Waals surface area contributed by atoms with E-state index in [1.807, 2.05) is 0 Å². The quantitative estimate of drug-likeness (QED) is 0.225. The van der Waals surface area contributed by atoms with Crippen molar-refractivity contribution in [2.45, 2.75) is 109 Å². The highest BCUT2D eigenvalue weighted by Crippen LogP contribution is 2.15. The van der Waals surface area contributed by atoms with Crippen LogP contribution in [0.5, 0.6) is 0 Å². The number of hydrogen-bond acceptors (Lipinski definition) is 4. The van der Waals surface area contributed by atoms with Gasteiger partial charge in [-0.2, -0.15) is 0 Å². The molecule has 142 valence electrons. The van der Waals surface area contributed by atoms with Gasteiger partial charge < -0.3 is 14.9 Å². The van der Waals surface area contributed by atoms with Gasteiger partial charge in [-0.25, -0.2) is 0 Å². The second-order valence-electron chi connectivity index (χ2n) is 6.65. The van der Waals surface area contributed by atoms with Crippen molar-refractivity contribution in [1.29, 1.82) is 0 Å². The summed E-state index contributed by atoms with van der Waals surface area (Å²) in [5.41, 5.74) is 0. The van der Waals surface area contributed by atoms with Crippen molar-refractivity contribution in [3.05, 3.63) is 12.8 Å². The van der Waals surface area contributed by atoms with Crippen LogP contribution in [0.3, 0.4) is 0 Å². The summed E-state index contributed by atoms with van der Waals surface area (Å²) < 4.78 is 4.65. The van der Waals surface area contributed by atoms with E-state index >= 15 is 0 Å². The summed E-state index contributed by atoms with van der Waals surface area (Å²) in [6.45, 7) is 5.55. The van der Waals surface area contributed by atoms with Gasteiger partial charge in [0.15, 0.2) is 0 Å². The molecule has 0 saturated heterocycles. The lowest BCUT2D eigenvalue weighted by atomic mass is 9.99. The molecule has 0 aliphatic heterocycles. The van der Waals surface area contributed by atoms with E-state index in [1.54, 1.807) is 0 Å². The fraction of sp³-hybridized carbons (Fsp3) is 0.850. The largest absolute Gasteiger partial charge is 0.435 e. The van der Waals surface area contributed by atoms with E-state index in [0.29, 0.717) is 19.3 Å². The van der Waals surface area contributed by atoms with Crippen LogP contribution in [0.25, 0.3) is 0 Å². The Kier molecular flexibility index (Phi) is 16.4. The molecule has 2 unspecified atom stereocenters. The Morgan fingerprint density at radius 1 is 0.875 bits per heavy atom. The van der Waals surface area contributed by atoms with Crippen LogP contribution in [0.15, 0.2) is 12.8 Å². The van der Waals surface area contributed by atoms with Crippen LogP contribution >= 0.6 is 0 Å². The lowest BCUT2D eigenvalue weighted by Crippen LogP contribution is -2.25. The zero-order chi connectivity index (χ0) is 18.0. The summed E-state index contributed by atoms with van der Waals surface area (Å²) in [7, 11) is 0. The summed E-state index contributed by atoms with van der Waals surface area (Å²) in [6, 6.07) is 0. The van der Waals surface area contributed by atoms with Gasteiger partial charge in [-0.1, -0.05) is 77.7 Å². The number of aliphatic hydroxyl groups excluding tert-OH is 2. The second-order valence-corrected chi connectivity index (χ2v) is 6.65. The molecule has 0 saturated carbocycles. The van der Waals surface area contributed by atoms with Crippen LogP contribution in [-0.4, -0.2) is 28.4 Å². The van der Waals surface area contributed by atoms with Crippen LogP contribution in [0.1, 0.15) is 96.8 Å². The van der Waals surface area contributed by atoms with Crippen LogP contribution in [0, 0.1) is 0 Å². The van der Waals surface area contributed by atoms with Gasteiger partial charge in [0, 0.05) is 6.42 Å². The summed E-state index contributed by atoms with van der Waals surface area (Å²) in [5, 5.41) is 19.9. The minimum Gasteiger partial charge on any atom is -0.435 e. The number of ether oxygens (including phenoxy) is 1. The number of rotatable bonds is 17. The maximum absolute atomic E-state index is 11.1. The van der Waals surface area contributed by atoms with Crippen molar-refractivity contribution in [1.82, 2.24) is 0 Å². The number of aliphatic hydroxyl groups is 2. The van der Waals surface area contributed by atoms with Crippen LogP contribution < -0.4 is 0 Å². The van der Waals surface area contributed by atoms with E-state index in [1.165, 1.54) is 31.9 Å². The third-order valence-corrected chi connectivity index (χ3v) is 4.39. The Bertz CT molecular complexity index is 304. The first-order valence-corrected chi connectivity index (χ1v) is 9.78. The molecule has 0 amide bonds. The number of carbonyl (C=O) groups excluding carboxylic acids is 1. The van der Waals surface area contributed by atoms with Crippen molar-refractivity contribution in [3.63, 3.8) is 0 Å². The van der Waals surface area contributed by atoms with E-state index in [0.717, 1.165) is 44.9 Å². The van der Waals surface area contributed by atoms with Gasteiger partial charge in [-0.3, -0.25) is 4.79 Å². The summed E-state index contributed by atoms with van der Waals surface area (Å²) in [5.74, 6) is -0.224. The Labute approximate surface area is 148 Å². The van der Waals surface area contributed by atoms with Gasteiger partial charge >= 0.3 is 5.97 Å². The Morgan fingerprint density at radius 3 is 1.83 bits per heavy atom. The Balaban J connectivity index is 3.42. The molecule has 0 aliphatic rings. The Morgan fingerprint density at radius 2 is 1.33 bits per heavy atom. The van der Waals surface area contributed by atoms with Gasteiger partial charge in [0.05, 0.1) is 18.5 Å². The molecular weight excluding hydrogens is 304 g/mol. The first-order chi connectivity index (χ1) is 11.6. The maximum Gasteiger partial charge on any atom is 0.310 e. The standard InChI is InChI=1S/C20H38O4/c1-3-5-6-7-9-12-15-18(21)19(22)16-13-10-8-11-14-17-20(23)24-4-2/h4,18-19,21-22H,2-3,5-17H2,1H3. The molecule has 24 heavy (non-hydrogen) atoms. The number of unbranched alkanes of at least 4 members (excludes halogenated alkanes) is 9. The molecule has 2 N–H and O–H groups in total. The number of esters is 1. The van der Waals surface area contributed by atoms with Crippen molar-refractivity contribution < 1.29 is 19.7 Å². The van der Waals surface area contributed by atoms with E-state index in [4.69, 9.17) is 0 Å².